The summed E-state index contributed by atoms with van der Waals surface area (Å²) in [5.74, 6) is 0.976. The van der Waals surface area contributed by atoms with Crippen LogP contribution < -0.4 is 5.32 Å². The van der Waals surface area contributed by atoms with Crippen LogP contribution in [0.2, 0.25) is 0 Å². The maximum atomic E-state index is 13.6. The molecule has 0 spiro atoms. The van der Waals surface area contributed by atoms with Crippen molar-refractivity contribution in [1.82, 2.24) is 14.5 Å². The first-order valence-corrected chi connectivity index (χ1v) is 12.3. The Labute approximate surface area is 205 Å². The van der Waals surface area contributed by atoms with Crippen LogP contribution in [0.15, 0.2) is 72.8 Å². The lowest BCUT2D eigenvalue weighted by Crippen LogP contribution is -2.40. The SMILES string of the molecule is CC(C)c1ccccc1NC(=O)[C@@H]1CCCN(Cc2nc3ccccc3n2-c2ccc(F)cc2)C1. The third-order valence-electron chi connectivity index (χ3n) is 6.80. The number of imidazole rings is 1. The average Bonchev–Trinajstić information content (AvgIpc) is 3.22. The summed E-state index contributed by atoms with van der Waals surface area (Å²) in [6.07, 6.45) is 1.83. The average molecular weight is 471 g/mol. The van der Waals surface area contributed by atoms with Crippen molar-refractivity contribution in [3.8, 4) is 5.69 Å². The van der Waals surface area contributed by atoms with Gasteiger partial charge in [-0.25, -0.2) is 9.37 Å². The first kappa shape index (κ1) is 23.2. The van der Waals surface area contributed by atoms with E-state index in [9.17, 15) is 9.18 Å². The summed E-state index contributed by atoms with van der Waals surface area (Å²) in [5, 5.41) is 3.19. The molecule has 1 saturated heterocycles. The molecular formula is C29H31FN4O. The Morgan fingerprint density at radius 1 is 1.06 bits per heavy atom. The summed E-state index contributed by atoms with van der Waals surface area (Å²) in [5.41, 5.74) is 4.84. The maximum absolute atomic E-state index is 13.6. The van der Waals surface area contributed by atoms with Crippen molar-refractivity contribution in [2.75, 3.05) is 18.4 Å². The number of aromatic nitrogens is 2. The lowest BCUT2D eigenvalue weighted by Gasteiger charge is -2.32. The summed E-state index contributed by atoms with van der Waals surface area (Å²) >= 11 is 0. The second-order valence-electron chi connectivity index (χ2n) is 9.63. The number of benzene rings is 3. The highest BCUT2D eigenvalue weighted by molar-refractivity contribution is 5.93. The molecule has 1 amide bonds. The number of nitrogens with one attached hydrogen (secondary N) is 1. The molecule has 5 rings (SSSR count). The Balaban J connectivity index is 1.36. The number of carbonyl (C=O) groups excluding carboxylic acids is 1. The van der Waals surface area contributed by atoms with Gasteiger partial charge in [-0.2, -0.15) is 0 Å². The van der Waals surface area contributed by atoms with Gasteiger partial charge in [0.2, 0.25) is 5.91 Å². The number of nitrogens with zero attached hydrogens (tertiary/aromatic N) is 3. The van der Waals surface area contributed by atoms with Crippen molar-refractivity contribution in [2.24, 2.45) is 5.92 Å². The number of likely N-dealkylation sites (tertiary alicyclic amines) is 1. The number of anilines is 1. The van der Waals surface area contributed by atoms with Crippen molar-refractivity contribution in [3.05, 3.63) is 90.0 Å². The van der Waals surface area contributed by atoms with Gasteiger partial charge in [0.1, 0.15) is 11.6 Å². The van der Waals surface area contributed by atoms with E-state index in [4.69, 9.17) is 4.98 Å². The van der Waals surface area contributed by atoms with E-state index in [1.165, 1.54) is 12.1 Å². The molecule has 180 valence electrons. The lowest BCUT2D eigenvalue weighted by molar-refractivity contribution is -0.121. The van der Waals surface area contributed by atoms with E-state index in [1.807, 2.05) is 42.5 Å². The van der Waals surface area contributed by atoms with Crippen LogP contribution in [0.25, 0.3) is 16.7 Å². The molecule has 1 atom stereocenters. The predicted octanol–water partition coefficient (Wildman–Crippen LogP) is 6.14. The van der Waals surface area contributed by atoms with Crippen LogP contribution in [0, 0.1) is 11.7 Å². The van der Waals surface area contributed by atoms with Gasteiger partial charge in [0.05, 0.1) is 23.5 Å². The molecule has 0 saturated carbocycles. The van der Waals surface area contributed by atoms with Crippen LogP contribution in [0.5, 0.6) is 0 Å². The van der Waals surface area contributed by atoms with E-state index < -0.39 is 0 Å². The van der Waals surface area contributed by atoms with Crippen LogP contribution in [0.1, 0.15) is 44.0 Å². The van der Waals surface area contributed by atoms with Crippen molar-refractivity contribution < 1.29 is 9.18 Å². The van der Waals surface area contributed by atoms with Crippen LogP contribution in [-0.2, 0) is 11.3 Å². The van der Waals surface area contributed by atoms with Crippen LogP contribution in [0.3, 0.4) is 0 Å². The second kappa shape index (κ2) is 10.0. The number of carbonyl (C=O) groups is 1. The van der Waals surface area contributed by atoms with Gasteiger partial charge in [0, 0.05) is 17.9 Å². The number of hydrogen-bond acceptors (Lipinski definition) is 3. The zero-order valence-corrected chi connectivity index (χ0v) is 20.2. The topological polar surface area (TPSA) is 50.2 Å². The first-order chi connectivity index (χ1) is 17.0. The molecule has 1 aliphatic heterocycles. The molecule has 2 heterocycles. The lowest BCUT2D eigenvalue weighted by atomic mass is 9.96. The molecule has 0 bridgehead atoms. The quantitative estimate of drug-likeness (QED) is 0.368. The summed E-state index contributed by atoms with van der Waals surface area (Å²) in [6.45, 7) is 6.50. The van der Waals surface area contributed by atoms with E-state index in [1.54, 1.807) is 12.1 Å². The second-order valence-corrected chi connectivity index (χ2v) is 9.63. The molecule has 0 unspecified atom stereocenters. The fraction of sp³-hybridized carbons (Fsp3) is 0.310. The van der Waals surface area contributed by atoms with Crippen molar-refractivity contribution in [2.45, 2.75) is 39.2 Å². The standard InChI is InChI=1S/C29H31FN4O/c1-20(2)24-9-3-4-10-25(24)32-29(35)21-8-7-17-33(18-21)19-28-31-26-11-5-6-12-27(26)34(28)23-15-13-22(30)14-16-23/h3-6,9-16,20-21H,7-8,17-19H2,1-2H3,(H,32,35)/t21-/m1/s1. The number of piperidine rings is 1. The number of para-hydroxylation sites is 3. The number of amides is 1. The fourth-order valence-electron chi connectivity index (χ4n) is 5.02. The normalized spacial score (nSPS) is 16.6. The summed E-state index contributed by atoms with van der Waals surface area (Å²) < 4.78 is 15.7. The van der Waals surface area contributed by atoms with Gasteiger partial charge >= 0.3 is 0 Å². The largest absolute Gasteiger partial charge is 0.326 e. The molecular weight excluding hydrogens is 439 g/mol. The third-order valence-corrected chi connectivity index (χ3v) is 6.80. The highest BCUT2D eigenvalue weighted by atomic mass is 19.1. The molecule has 1 fully saturated rings. The monoisotopic (exact) mass is 470 g/mol. The van der Waals surface area contributed by atoms with Gasteiger partial charge in [-0.15, -0.1) is 0 Å². The Bertz CT molecular complexity index is 1330. The molecule has 35 heavy (non-hydrogen) atoms. The van der Waals surface area contributed by atoms with E-state index in [-0.39, 0.29) is 17.6 Å². The van der Waals surface area contributed by atoms with Crippen LogP contribution >= 0.6 is 0 Å². The minimum atomic E-state index is -0.261. The molecule has 5 nitrogen and oxygen atoms in total. The number of rotatable bonds is 6. The molecule has 0 aliphatic carbocycles. The first-order valence-electron chi connectivity index (χ1n) is 12.3. The van der Waals surface area contributed by atoms with E-state index in [0.29, 0.717) is 19.0 Å². The van der Waals surface area contributed by atoms with Gasteiger partial charge < -0.3 is 5.32 Å². The Hall–Kier alpha value is -3.51. The van der Waals surface area contributed by atoms with Crippen molar-refractivity contribution in [1.29, 1.82) is 0 Å². The highest BCUT2D eigenvalue weighted by Crippen LogP contribution is 2.27. The number of hydrogen-bond donors (Lipinski definition) is 1. The van der Waals surface area contributed by atoms with E-state index >= 15 is 0 Å². The van der Waals surface area contributed by atoms with Gasteiger partial charge in [-0.05, 0) is 73.3 Å². The molecule has 3 aromatic carbocycles. The van der Waals surface area contributed by atoms with Gasteiger partial charge in [-0.1, -0.05) is 44.2 Å². The zero-order chi connectivity index (χ0) is 24.4. The van der Waals surface area contributed by atoms with Crippen molar-refractivity contribution in [3.63, 3.8) is 0 Å². The van der Waals surface area contributed by atoms with Gasteiger partial charge in [-0.3, -0.25) is 14.3 Å². The van der Waals surface area contributed by atoms with Gasteiger partial charge in [0.15, 0.2) is 0 Å². The zero-order valence-electron chi connectivity index (χ0n) is 20.2. The third kappa shape index (κ3) is 4.98. The summed E-state index contributed by atoms with van der Waals surface area (Å²) in [6, 6.07) is 22.6. The Morgan fingerprint density at radius 2 is 1.80 bits per heavy atom. The highest BCUT2D eigenvalue weighted by Gasteiger charge is 2.27. The number of halogens is 1. The smallest absolute Gasteiger partial charge is 0.228 e. The fourth-order valence-corrected chi connectivity index (χ4v) is 5.02. The molecule has 1 aliphatic rings. The molecule has 6 heteroatoms. The van der Waals surface area contributed by atoms with Crippen LogP contribution in [0.4, 0.5) is 10.1 Å². The minimum Gasteiger partial charge on any atom is -0.326 e. The van der Waals surface area contributed by atoms with E-state index in [2.05, 4.69) is 34.7 Å². The molecule has 4 aromatic rings. The number of fused-ring (bicyclic) bond motifs is 1. The molecule has 1 aromatic heterocycles. The molecule has 0 radical (unpaired) electrons. The summed E-state index contributed by atoms with van der Waals surface area (Å²) in [7, 11) is 0. The predicted molar refractivity (Wildman–Crippen MR) is 138 cm³/mol. The maximum Gasteiger partial charge on any atom is 0.228 e. The van der Waals surface area contributed by atoms with Crippen LogP contribution in [-0.4, -0.2) is 33.4 Å². The Kier molecular flexibility index (Phi) is 6.64. The molecule has 1 N–H and O–H groups in total. The summed E-state index contributed by atoms with van der Waals surface area (Å²) in [4.78, 5) is 20.4. The minimum absolute atomic E-state index is 0.0763. The van der Waals surface area contributed by atoms with Gasteiger partial charge in [0.25, 0.3) is 0 Å². The van der Waals surface area contributed by atoms with E-state index in [0.717, 1.165) is 53.2 Å². The van der Waals surface area contributed by atoms with Crippen molar-refractivity contribution >= 4 is 22.6 Å². The Morgan fingerprint density at radius 3 is 2.60 bits per heavy atom.